The zero-order valence-corrected chi connectivity index (χ0v) is 35.9. The number of alkyl carbamates (subject to hydrolysis) is 1. The molecule has 14 nitrogen and oxygen atoms in total. The van der Waals surface area contributed by atoms with Crippen LogP contribution in [-0.2, 0) is 38.8 Å². The molecule has 1 fully saturated rings. The number of fused-ring (bicyclic) bond motifs is 6. The number of hydrogen-bond acceptors (Lipinski definition) is 8. The van der Waals surface area contributed by atoms with Crippen molar-refractivity contribution in [1.29, 1.82) is 0 Å². The van der Waals surface area contributed by atoms with Gasteiger partial charge >= 0.3 is 6.09 Å². The van der Waals surface area contributed by atoms with Gasteiger partial charge in [-0.05, 0) is 83.5 Å². The number of nitrogens with zero attached hydrogens (tertiary/aromatic N) is 4. The Morgan fingerprint density at radius 1 is 0.855 bits per heavy atom. The summed E-state index contributed by atoms with van der Waals surface area (Å²) in [5.41, 5.74) is 7.27. The molecule has 2 aliphatic rings. The topological polar surface area (TPSA) is 175 Å². The van der Waals surface area contributed by atoms with Crippen molar-refractivity contribution in [1.82, 2.24) is 40.4 Å². The molecule has 322 valence electrons. The molecular weight excluding hydrogens is 785 g/mol. The number of carbonyl (C=O) groups excluding carboxylic acids is 4. The van der Waals surface area contributed by atoms with Crippen LogP contribution in [0.15, 0.2) is 79.0 Å². The van der Waals surface area contributed by atoms with Crippen LogP contribution in [0.3, 0.4) is 0 Å². The number of H-pyrrole nitrogens is 2. The van der Waals surface area contributed by atoms with Gasteiger partial charge in [-0.3, -0.25) is 14.4 Å². The lowest BCUT2D eigenvalue weighted by Gasteiger charge is -2.28. The highest BCUT2D eigenvalue weighted by Gasteiger charge is 2.35. The molecular formula is C48H54N8O6. The summed E-state index contributed by atoms with van der Waals surface area (Å²) in [5, 5.41) is 7.66. The number of benzene rings is 4. The van der Waals surface area contributed by atoms with Gasteiger partial charge in [0.2, 0.25) is 17.7 Å². The summed E-state index contributed by atoms with van der Waals surface area (Å²) in [5.74, 6) is 1.48. The van der Waals surface area contributed by atoms with E-state index in [1.54, 1.807) is 16.0 Å². The van der Waals surface area contributed by atoms with Gasteiger partial charge in [-0.2, -0.15) is 0 Å². The Morgan fingerprint density at radius 2 is 1.60 bits per heavy atom. The van der Waals surface area contributed by atoms with E-state index in [1.807, 2.05) is 70.2 Å². The van der Waals surface area contributed by atoms with Gasteiger partial charge in [0.05, 0.1) is 43.1 Å². The van der Waals surface area contributed by atoms with Crippen molar-refractivity contribution >= 4 is 45.6 Å². The monoisotopic (exact) mass is 838 g/mol. The van der Waals surface area contributed by atoms with E-state index in [4.69, 9.17) is 14.5 Å². The minimum atomic E-state index is -0.769. The summed E-state index contributed by atoms with van der Waals surface area (Å²) in [6, 6.07) is 22.5. The van der Waals surface area contributed by atoms with E-state index >= 15 is 0 Å². The van der Waals surface area contributed by atoms with Gasteiger partial charge in [0.15, 0.2) is 0 Å². The van der Waals surface area contributed by atoms with E-state index in [1.165, 1.54) is 7.11 Å². The molecule has 0 bridgehead atoms. The average molecular weight is 839 g/mol. The second-order valence-corrected chi connectivity index (χ2v) is 16.6. The number of aromatic nitrogens is 4. The van der Waals surface area contributed by atoms with Crippen LogP contribution in [0.4, 0.5) is 4.79 Å². The molecule has 0 spiro atoms. The number of hydrogen-bond donors (Lipinski definition) is 4. The van der Waals surface area contributed by atoms with Crippen LogP contribution < -0.4 is 15.4 Å². The van der Waals surface area contributed by atoms with Crippen LogP contribution in [-0.4, -0.2) is 79.8 Å². The van der Waals surface area contributed by atoms with E-state index < -0.39 is 18.2 Å². The molecule has 62 heavy (non-hydrogen) atoms. The van der Waals surface area contributed by atoms with E-state index in [0.717, 1.165) is 86.7 Å². The third-order valence-corrected chi connectivity index (χ3v) is 11.6. The number of aromatic amines is 2. The van der Waals surface area contributed by atoms with Crippen molar-refractivity contribution in [2.24, 2.45) is 11.8 Å². The lowest BCUT2D eigenvalue weighted by Crippen LogP contribution is -2.51. The molecule has 1 aliphatic carbocycles. The molecule has 1 aliphatic heterocycles. The van der Waals surface area contributed by atoms with Crippen LogP contribution in [0.2, 0.25) is 0 Å². The van der Waals surface area contributed by atoms with Crippen molar-refractivity contribution in [3.05, 3.63) is 102 Å². The zero-order chi connectivity index (χ0) is 43.5. The fraction of sp³-hybridized carbons (Fsp3) is 0.375. The first-order valence-electron chi connectivity index (χ1n) is 21.6. The van der Waals surface area contributed by atoms with Crippen molar-refractivity contribution < 1.29 is 28.7 Å². The first-order valence-corrected chi connectivity index (χ1v) is 21.6. The van der Waals surface area contributed by atoms with Crippen LogP contribution in [0.5, 0.6) is 5.75 Å². The van der Waals surface area contributed by atoms with E-state index in [-0.39, 0.29) is 42.6 Å². The molecule has 0 radical (unpaired) electrons. The number of carbonyl (C=O) groups is 4. The number of rotatable bonds is 16. The number of nitrogens with one attached hydrogen (secondary N) is 4. The van der Waals surface area contributed by atoms with Crippen LogP contribution in [0.1, 0.15) is 82.2 Å². The van der Waals surface area contributed by atoms with E-state index in [9.17, 15) is 19.2 Å². The van der Waals surface area contributed by atoms with Gasteiger partial charge < -0.3 is 39.9 Å². The Hall–Kier alpha value is -6.70. The van der Waals surface area contributed by atoms with Gasteiger partial charge in [0.1, 0.15) is 36.1 Å². The molecule has 3 heterocycles. The lowest BCUT2D eigenvalue weighted by molar-refractivity contribution is -0.137. The third-order valence-electron chi connectivity index (χ3n) is 11.6. The largest absolute Gasteiger partial charge is 0.488 e. The number of amides is 4. The van der Waals surface area contributed by atoms with Crippen molar-refractivity contribution in [2.45, 2.75) is 85.2 Å². The molecule has 2 atom stereocenters. The van der Waals surface area contributed by atoms with Gasteiger partial charge in [-0.15, -0.1) is 0 Å². The first kappa shape index (κ1) is 42.0. The highest BCUT2D eigenvalue weighted by molar-refractivity contribution is 6.07. The third kappa shape index (κ3) is 8.86. The molecule has 2 unspecified atom stereocenters. The maximum absolute atomic E-state index is 14.1. The van der Waals surface area contributed by atoms with Crippen LogP contribution in [0.25, 0.3) is 44.2 Å². The summed E-state index contributed by atoms with van der Waals surface area (Å²) in [4.78, 5) is 72.7. The summed E-state index contributed by atoms with van der Waals surface area (Å²) in [6.07, 6.45) is 4.36. The second-order valence-electron chi connectivity index (χ2n) is 16.6. The molecule has 14 heteroatoms. The van der Waals surface area contributed by atoms with Gasteiger partial charge in [-0.25, -0.2) is 14.8 Å². The van der Waals surface area contributed by atoms with Gasteiger partial charge in [0, 0.05) is 30.0 Å². The Labute approximate surface area is 360 Å². The lowest BCUT2D eigenvalue weighted by atomic mass is 9.92. The molecule has 4 aromatic carbocycles. The summed E-state index contributed by atoms with van der Waals surface area (Å²) < 4.78 is 11.2. The van der Waals surface area contributed by atoms with Crippen molar-refractivity contribution in [3.63, 3.8) is 0 Å². The minimum Gasteiger partial charge on any atom is -0.488 e. The smallest absolute Gasteiger partial charge is 0.407 e. The van der Waals surface area contributed by atoms with E-state index in [0.29, 0.717) is 31.3 Å². The molecule has 4 amide bonds. The summed E-state index contributed by atoms with van der Waals surface area (Å²) in [6.45, 7) is 9.75. The average Bonchev–Trinajstić information content (AvgIpc) is 3.90. The Kier molecular flexibility index (Phi) is 12.3. The predicted octanol–water partition coefficient (Wildman–Crippen LogP) is 7.79. The van der Waals surface area contributed by atoms with Gasteiger partial charge in [0.25, 0.3) is 0 Å². The van der Waals surface area contributed by atoms with Crippen molar-refractivity contribution in [2.75, 3.05) is 20.2 Å². The first-order chi connectivity index (χ1) is 30.0. The highest BCUT2D eigenvalue weighted by Crippen LogP contribution is 2.42. The second kappa shape index (κ2) is 18.1. The SMILES string of the molecule is CCCN(Cc1ncc(-c2ccc3c(c2)COc2cc4c(ccc5[nH]c(CN(CCC)C(=O)C(NC(=O)OC)C(C)C)nc54)cc2-3)[nH]1)C(=O)C(NC(=O)C1CC1)c1ccccc1. The Bertz CT molecular complexity index is 2610. The zero-order valence-electron chi connectivity index (χ0n) is 35.9. The maximum Gasteiger partial charge on any atom is 0.407 e. The predicted molar refractivity (Wildman–Crippen MR) is 237 cm³/mol. The molecule has 2 aromatic heterocycles. The van der Waals surface area contributed by atoms with Crippen molar-refractivity contribution in [3.8, 4) is 28.1 Å². The summed E-state index contributed by atoms with van der Waals surface area (Å²) >= 11 is 0. The highest BCUT2D eigenvalue weighted by atomic mass is 16.5. The Morgan fingerprint density at radius 3 is 2.31 bits per heavy atom. The normalized spacial score (nSPS) is 14.1. The molecule has 1 saturated carbocycles. The fourth-order valence-corrected chi connectivity index (χ4v) is 8.22. The molecule has 4 N–H and O–H groups in total. The quantitative estimate of drug-likeness (QED) is 0.0764. The number of imidazole rings is 2. The number of methoxy groups -OCH3 is 1. The van der Waals surface area contributed by atoms with E-state index in [2.05, 4.69) is 55.9 Å². The fourth-order valence-electron chi connectivity index (χ4n) is 8.22. The Balaban J connectivity index is 1.00. The van der Waals surface area contributed by atoms with Crippen LogP contribution >= 0.6 is 0 Å². The molecule has 8 rings (SSSR count). The standard InChI is InChI=1S/C48H54N8O6/c1-6-19-55(47(59)43(29-11-9-8-10-12-29)53-45(57)30-13-14-30)25-40-49-24-38(51-40)32-15-17-34-33(21-32)27-62-39-23-35-31(22-36(34)39)16-18-37-44(35)52-41(50-37)26-56(20-7-2)46(58)42(28(3)4)54-48(60)61-5/h8-12,15-18,21-24,28,30,42-43H,6-7,13-14,19-20,25-27H2,1-5H3,(H,49,51)(H,50,52)(H,53,57)(H,54,60). The minimum absolute atomic E-state index is 0.0185. The summed E-state index contributed by atoms with van der Waals surface area (Å²) in [7, 11) is 1.28. The molecule has 6 aromatic rings. The molecule has 0 saturated heterocycles. The number of ether oxygens (including phenoxy) is 2. The van der Waals surface area contributed by atoms with Crippen LogP contribution in [0, 0.1) is 11.8 Å². The van der Waals surface area contributed by atoms with Gasteiger partial charge in [-0.1, -0.05) is 76.2 Å². The maximum atomic E-state index is 14.1.